The predicted molar refractivity (Wildman–Crippen MR) is 124 cm³/mol. The summed E-state index contributed by atoms with van der Waals surface area (Å²) >= 11 is 0. The fourth-order valence-corrected chi connectivity index (χ4v) is 3.96. The van der Waals surface area contributed by atoms with E-state index in [1.54, 1.807) is 24.1 Å². The number of carbonyl (C=O) groups excluding carboxylic acids is 2. The molecule has 0 radical (unpaired) electrons. The van der Waals surface area contributed by atoms with Crippen molar-refractivity contribution in [3.63, 3.8) is 0 Å². The van der Waals surface area contributed by atoms with Crippen LogP contribution in [0.2, 0.25) is 0 Å². The van der Waals surface area contributed by atoms with Gasteiger partial charge in [0.2, 0.25) is 11.8 Å². The van der Waals surface area contributed by atoms with Crippen molar-refractivity contribution in [3.8, 4) is 0 Å². The van der Waals surface area contributed by atoms with E-state index in [1.165, 1.54) is 12.1 Å². The Hall–Kier alpha value is -3.47. The van der Waals surface area contributed by atoms with E-state index < -0.39 is 6.04 Å². The van der Waals surface area contributed by atoms with E-state index in [2.05, 4.69) is 5.32 Å². The lowest BCUT2D eigenvalue weighted by atomic mass is 9.88. The molecule has 0 saturated carbocycles. The molecule has 3 aromatic carbocycles. The number of rotatable bonds is 9. The first-order valence-electron chi connectivity index (χ1n) is 10.9. The van der Waals surface area contributed by atoms with Crippen molar-refractivity contribution in [2.24, 2.45) is 0 Å². The van der Waals surface area contributed by atoms with Crippen LogP contribution in [0.15, 0.2) is 84.9 Å². The normalized spacial score (nSPS) is 11.8. The SMILES string of the molecule is CC[C@@H](C(=O)NC)N(Cc1ccc(F)cc1)C(=O)CC(c1ccccc1)c1ccccc1. The Kier molecular flexibility index (Phi) is 8.14. The van der Waals surface area contributed by atoms with Gasteiger partial charge >= 0.3 is 0 Å². The molecule has 1 N–H and O–H groups in total. The number of halogens is 1. The smallest absolute Gasteiger partial charge is 0.242 e. The fraction of sp³-hybridized carbons (Fsp3) is 0.259. The number of nitrogens with zero attached hydrogens (tertiary/aromatic N) is 1. The molecule has 4 nitrogen and oxygen atoms in total. The summed E-state index contributed by atoms with van der Waals surface area (Å²) in [6.45, 7) is 2.12. The molecular formula is C27H29FN2O2. The average molecular weight is 433 g/mol. The number of amides is 2. The fourth-order valence-electron chi connectivity index (χ4n) is 3.96. The average Bonchev–Trinajstić information content (AvgIpc) is 2.84. The van der Waals surface area contributed by atoms with Gasteiger partial charge in [-0.25, -0.2) is 4.39 Å². The van der Waals surface area contributed by atoms with E-state index in [-0.39, 0.29) is 36.5 Å². The number of benzene rings is 3. The first-order chi connectivity index (χ1) is 15.5. The van der Waals surface area contributed by atoms with Crippen LogP contribution in [0, 0.1) is 5.82 Å². The second kappa shape index (κ2) is 11.2. The van der Waals surface area contributed by atoms with Gasteiger partial charge in [-0.05, 0) is 35.2 Å². The highest BCUT2D eigenvalue weighted by Crippen LogP contribution is 2.29. The molecule has 0 spiro atoms. The Bertz CT molecular complexity index is 967. The highest BCUT2D eigenvalue weighted by atomic mass is 19.1. The highest BCUT2D eigenvalue weighted by Gasteiger charge is 2.30. The minimum absolute atomic E-state index is 0.123. The zero-order valence-electron chi connectivity index (χ0n) is 18.5. The molecule has 2 amide bonds. The van der Waals surface area contributed by atoms with Crippen LogP contribution in [0.25, 0.3) is 0 Å². The lowest BCUT2D eigenvalue weighted by molar-refractivity contribution is -0.141. The minimum atomic E-state index is -0.607. The Morgan fingerprint density at radius 3 is 1.88 bits per heavy atom. The van der Waals surface area contributed by atoms with Crippen molar-refractivity contribution >= 4 is 11.8 Å². The molecule has 0 fully saturated rings. The van der Waals surface area contributed by atoms with E-state index >= 15 is 0 Å². The molecular weight excluding hydrogens is 403 g/mol. The molecule has 166 valence electrons. The van der Waals surface area contributed by atoms with Gasteiger partial charge in [-0.3, -0.25) is 9.59 Å². The third-order valence-electron chi connectivity index (χ3n) is 5.68. The Morgan fingerprint density at radius 1 is 0.875 bits per heavy atom. The third-order valence-corrected chi connectivity index (χ3v) is 5.68. The van der Waals surface area contributed by atoms with Crippen LogP contribution in [0.4, 0.5) is 4.39 Å². The minimum Gasteiger partial charge on any atom is -0.357 e. The van der Waals surface area contributed by atoms with Crippen LogP contribution in [0.5, 0.6) is 0 Å². The Balaban J connectivity index is 1.94. The van der Waals surface area contributed by atoms with Gasteiger partial charge in [0.15, 0.2) is 0 Å². The predicted octanol–water partition coefficient (Wildman–Crippen LogP) is 4.90. The molecule has 0 unspecified atom stereocenters. The molecule has 32 heavy (non-hydrogen) atoms. The molecule has 0 aliphatic heterocycles. The van der Waals surface area contributed by atoms with Gasteiger partial charge in [-0.15, -0.1) is 0 Å². The topological polar surface area (TPSA) is 49.4 Å². The van der Waals surface area contributed by atoms with Gasteiger partial charge in [0.1, 0.15) is 11.9 Å². The zero-order chi connectivity index (χ0) is 22.9. The summed E-state index contributed by atoms with van der Waals surface area (Å²) in [5.41, 5.74) is 2.86. The number of nitrogens with one attached hydrogen (secondary N) is 1. The van der Waals surface area contributed by atoms with Gasteiger partial charge < -0.3 is 10.2 Å². The largest absolute Gasteiger partial charge is 0.357 e. The summed E-state index contributed by atoms with van der Waals surface area (Å²) in [7, 11) is 1.57. The molecule has 0 heterocycles. The van der Waals surface area contributed by atoms with Crippen molar-refractivity contribution in [2.45, 2.75) is 38.3 Å². The van der Waals surface area contributed by atoms with Crippen molar-refractivity contribution < 1.29 is 14.0 Å². The number of likely N-dealkylation sites (N-methyl/N-ethyl adjacent to an activating group) is 1. The highest BCUT2D eigenvalue weighted by molar-refractivity contribution is 5.88. The summed E-state index contributed by atoms with van der Waals surface area (Å²) in [4.78, 5) is 27.9. The van der Waals surface area contributed by atoms with Crippen molar-refractivity contribution in [3.05, 3.63) is 107 Å². The van der Waals surface area contributed by atoms with Crippen LogP contribution >= 0.6 is 0 Å². The second-order valence-electron chi connectivity index (χ2n) is 7.76. The van der Waals surface area contributed by atoms with E-state index in [0.717, 1.165) is 16.7 Å². The maximum absolute atomic E-state index is 13.7. The molecule has 0 saturated heterocycles. The molecule has 0 aromatic heterocycles. The van der Waals surface area contributed by atoms with Crippen LogP contribution in [0.3, 0.4) is 0 Å². The number of carbonyl (C=O) groups is 2. The van der Waals surface area contributed by atoms with Gasteiger partial charge in [0.25, 0.3) is 0 Å². The summed E-state index contributed by atoms with van der Waals surface area (Å²) < 4.78 is 13.4. The lowest BCUT2D eigenvalue weighted by Gasteiger charge is -2.32. The number of hydrogen-bond donors (Lipinski definition) is 1. The quantitative estimate of drug-likeness (QED) is 0.523. The molecule has 5 heteroatoms. The van der Waals surface area contributed by atoms with Gasteiger partial charge in [0.05, 0.1) is 0 Å². The van der Waals surface area contributed by atoms with E-state index in [1.807, 2.05) is 67.6 Å². The summed E-state index contributed by atoms with van der Waals surface area (Å²) in [5, 5.41) is 2.67. The Labute approximate surface area is 189 Å². The molecule has 1 atom stereocenters. The first-order valence-corrected chi connectivity index (χ1v) is 10.9. The monoisotopic (exact) mass is 432 g/mol. The first kappa shape index (κ1) is 23.2. The molecule has 0 aliphatic carbocycles. The van der Waals surface area contributed by atoms with Crippen molar-refractivity contribution in [2.75, 3.05) is 7.05 Å². The number of hydrogen-bond acceptors (Lipinski definition) is 2. The van der Waals surface area contributed by atoms with E-state index in [0.29, 0.717) is 6.42 Å². The molecule has 3 aromatic rings. The van der Waals surface area contributed by atoms with E-state index in [9.17, 15) is 14.0 Å². The molecule has 3 rings (SSSR count). The standard InChI is InChI=1S/C27H29FN2O2/c1-3-25(27(32)29-2)30(19-20-14-16-23(28)17-15-20)26(31)18-24(21-10-6-4-7-11-21)22-12-8-5-9-13-22/h4-17,24-25H,3,18-19H2,1-2H3,(H,29,32)/t25-/m0/s1. The maximum Gasteiger partial charge on any atom is 0.242 e. The lowest BCUT2D eigenvalue weighted by Crippen LogP contribution is -2.48. The molecule has 0 bridgehead atoms. The molecule has 0 aliphatic rings. The zero-order valence-corrected chi connectivity index (χ0v) is 18.5. The summed E-state index contributed by atoms with van der Waals surface area (Å²) in [5.74, 6) is -0.803. The van der Waals surface area contributed by atoms with Crippen LogP contribution < -0.4 is 5.32 Å². The second-order valence-corrected chi connectivity index (χ2v) is 7.76. The Morgan fingerprint density at radius 2 is 1.41 bits per heavy atom. The van der Waals surface area contributed by atoms with Crippen molar-refractivity contribution in [1.82, 2.24) is 10.2 Å². The van der Waals surface area contributed by atoms with Gasteiger partial charge in [-0.1, -0.05) is 79.7 Å². The van der Waals surface area contributed by atoms with Gasteiger partial charge in [-0.2, -0.15) is 0 Å². The van der Waals surface area contributed by atoms with E-state index in [4.69, 9.17) is 0 Å². The maximum atomic E-state index is 13.7. The van der Waals surface area contributed by atoms with Crippen LogP contribution in [-0.4, -0.2) is 29.8 Å². The summed E-state index contributed by atoms with van der Waals surface area (Å²) in [6.07, 6.45) is 0.705. The summed E-state index contributed by atoms with van der Waals surface area (Å²) in [6, 6.07) is 25.3. The van der Waals surface area contributed by atoms with Crippen LogP contribution in [0.1, 0.15) is 42.4 Å². The van der Waals surface area contributed by atoms with Crippen LogP contribution in [-0.2, 0) is 16.1 Å². The third kappa shape index (κ3) is 5.82. The van der Waals surface area contributed by atoms with Crippen molar-refractivity contribution in [1.29, 1.82) is 0 Å². The van der Waals surface area contributed by atoms with Gasteiger partial charge in [0, 0.05) is 25.9 Å².